The number of aromatic nitrogens is 2. The van der Waals surface area contributed by atoms with Gasteiger partial charge in [0.05, 0.1) is 18.7 Å². The molecular formula is C13H21N3O3S. The summed E-state index contributed by atoms with van der Waals surface area (Å²) in [4.78, 5) is 4.01. The predicted molar refractivity (Wildman–Crippen MR) is 74.7 cm³/mol. The van der Waals surface area contributed by atoms with Crippen LogP contribution in [0.1, 0.15) is 19.3 Å². The Bertz CT molecular complexity index is 523. The van der Waals surface area contributed by atoms with Crippen molar-refractivity contribution in [3.8, 4) is 0 Å². The molecule has 0 spiro atoms. The summed E-state index contributed by atoms with van der Waals surface area (Å²) in [6.45, 7) is 2.62. The summed E-state index contributed by atoms with van der Waals surface area (Å²) in [5.41, 5.74) is 0. The number of imidazole rings is 1. The van der Waals surface area contributed by atoms with Gasteiger partial charge >= 0.3 is 0 Å². The summed E-state index contributed by atoms with van der Waals surface area (Å²) >= 11 is 0. The first kappa shape index (κ1) is 14.0. The van der Waals surface area contributed by atoms with Crippen LogP contribution in [0, 0.1) is 5.92 Å². The van der Waals surface area contributed by atoms with E-state index in [1.807, 2.05) is 10.8 Å². The molecule has 0 aromatic carbocycles. The average molecular weight is 299 g/mol. The van der Waals surface area contributed by atoms with Crippen molar-refractivity contribution >= 4 is 10.0 Å². The summed E-state index contributed by atoms with van der Waals surface area (Å²) in [5, 5.41) is 0. The van der Waals surface area contributed by atoms with Crippen LogP contribution in [0.25, 0.3) is 0 Å². The van der Waals surface area contributed by atoms with Gasteiger partial charge in [-0.3, -0.25) is 0 Å². The Morgan fingerprint density at radius 3 is 2.95 bits per heavy atom. The van der Waals surface area contributed by atoms with E-state index in [0.717, 1.165) is 19.3 Å². The van der Waals surface area contributed by atoms with Crippen LogP contribution in [0.15, 0.2) is 18.7 Å². The van der Waals surface area contributed by atoms with Gasteiger partial charge in [-0.15, -0.1) is 0 Å². The zero-order valence-electron chi connectivity index (χ0n) is 11.5. The zero-order valence-corrected chi connectivity index (χ0v) is 12.3. The lowest BCUT2D eigenvalue weighted by atomic mass is 10.2. The van der Waals surface area contributed by atoms with Gasteiger partial charge < -0.3 is 9.30 Å². The van der Waals surface area contributed by atoms with Crippen molar-refractivity contribution in [1.82, 2.24) is 13.9 Å². The predicted octanol–water partition coefficient (Wildman–Crippen LogP) is 0.714. The largest absolute Gasteiger partial charge is 0.381 e. The molecule has 3 heterocycles. The summed E-state index contributed by atoms with van der Waals surface area (Å²) in [6.07, 6.45) is 8.09. The van der Waals surface area contributed by atoms with E-state index >= 15 is 0 Å². The maximum atomic E-state index is 12.6. The SMILES string of the molecule is O=S(=O)(C[C@@H]1CCOC1)N1CCC[C@H]1Cn1ccnc1. The number of sulfonamides is 1. The van der Waals surface area contributed by atoms with Crippen LogP contribution in [0.4, 0.5) is 0 Å². The van der Waals surface area contributed by atoms with Crippen molar-refractivity contribution in [1.29, 1.82) is 0 Å². The number of hydrogen-bond acceptors (Lipinski definition) is 4. The van der Waals surface area contributed by atoms with Crippen molar-refractivity contribution in [3.05, 3.63) is 18.7 Å². The number of ether oxygens (including phenoxy) is 1. The Morgan fingerprint density at radius 2 is 2.25 bits per heavy atom. The molecule has 3 rings (SSSR count). The maximum Gasteiger partial charge on any atom is 0.214 e. The zero-order chi connectivity index (χ0) is 14.0. The summed E-state index contributed by atoms with van der Waals surface area (Å²) < 4.78 is 34.1. The van der Waals surface area contributed by atoms with Crippen molar-refractivity contribution < 1.29 is 13.2 Å². The first-order chi connectivity index (χ1) is 9.65. The molecule has 7 heteroatoms. The van der Waals surface area contributed by atoms with E-state index in [0.29, 0.717) is 26.3 Å². The summed E-state index contributed by atoms with van der Waals surface area (Å²) in [6, 6.07) is 0.0662. The van der Waals surface area contributed by atoms with Crippen molar-refractivity contribution in [2.75, 3.05) is 25.5 Å². The molecule has 2 aliphatic rings. The molecule has 0 saturated carbocycles. The minimum atomic E-state index is -3.18. The van der Waals surface area contributed by atoms with Gasteiger partial charge in [0, 0.05) is 38.1 Å². The molecule has 2 saturated heterocycles. The van der Waals surface area contributed by atoms with Gasteiger partial charge in [-0.2, -0.15) is 4.31 Å². The van der Waals surface area contributed by atoms with E-state index in [9.17, 15) is 8.42 Å². The van der Waals surface area contributed by atoms with Gasteiger partial charge in [0.15, 0.2) is 0 Å². The molecule has 1 aromatic heterocycles. The first-order valence-electron chi connectivity index (χ1n) is 7.18. The topological polar surface area (TPSA) is 64.4 Å². The number of nitrogens with zero attached hydrogens (tertiary/aromatic N) is 3. The molecule has 2 fully saturated rings. The number of hydrogen-bond donors (Lipinski definition) is 0. The lowest BCUT2D eigenvalue weighted by Crippen LogP contribution is -2.40. The highest BCUT2D eigenvalue weighted by Gasteiger charge is 2.36. The summed E-state index contributed by atoms with van der Waals surface area (Å²) in [7, 11) is -3.18. The highest BCUT2D eigenvalue weighted by Crippen LogP contribution is 2.25. The van der Waals surface area contributed by atoms with Crippen molar-refractivity contribution in [2.24, 2.45) is 5.92 Å². The lowest BCUT2D eigenvalue weighted by Gasteiger charge is -2.25. The number of rotatable bonds is 5. The third kappa shape index (κ3) is 3.05. The monoisotopic (exact) mass is 299 g/mol. The van der Waals surface area contributed by atoms with Crippen LogP contribution >= 0.6 is 0 Å². The normalized spacial score (nSPS) is 28.2. The van der Waals surface area contributed by atoms with E-state index in [4.69, 9.17) is 4.74 Å². The molecular weight excluding hydrogens is 278 g/mol. The average Bonchev–Trinajstić information content (AvgIpc) is 3.10. The maximum absolute atomic E-state index is 12.6. The molecule has 20 heavy (non-hydrogen) atoms. The molecule has 6 nitrogen and oxygen atoms in total. The molecule has 0 radical (unpaired) electrons. The standard InChI is InChI=1S/C13H21N3O3S/c17-20(18,10-12-3-7-19-9-12)16-5-1-2-13(16)8-15-6-4-14-11-15/h4,6,11-13H,1-3,5,7-10H2/t12-,13+/m1/s1. The Balaban J connectivity index is 1.67. The minimum Gasteiger partial charge on any atom is -0.381 e. The van der Waals surface area contributed by atoms with Crippen molar-refractivity contribution in [2.45, 2.75) is 31.8 Å². The fourth-order valence-electron chi connectivity index (χ4n) is 3.10. The Hall–Kier alpha value is -0.920. The molecule has 112 valence electrons. The van der Waals surface area contributed by atoms with Crippen LogP contribution in [-0.4, -0.2) is 53.8 Å². The third-order valence-corrected chi connectivity index (χ3v) is 6.22. The fourth-order valence-corrected chi connectivity index (χ4v) is 5.19. The van der Waals surface area contributed by atoms with Crippen LogP contribution in [0.3, 0.4) is 0 Å². The van der Waals surface area contributed by atoms with Gasteiger partial charge in [0.1, 0.15) is 0 Å². The van der Waals surface area contributed by atoms with E-state index < -0.39 is 10.0 Å². The van der Waals surface area contributed by atoms with Crippen LogP contribution in [0.5, 0.6) is 0 Å². The van der Waals surface area contributed by atoms with E-state index in [1.165, 1.54) is 0 Å². The first-order valence-corrected chi connectivity index (χ1v) is 8.79. The second-order valence-corrected chi connectivity index (χ2v) is 7.64. The molecule has 2 aliphatic heterocycles. The van der Waals surface area contributed by atoms with E-state index in [1.54, 1.807) is 16.8 Å². The van der Waals surface area contributed by atoms with E-state index in [-0.39, 0.29) is 17.7 Å². The Morgan fingerprint density at radius 1 is 1.35 bits per heavy atom. The second-order valence-electron chi connectivity index (χ2n) is 5.67. The fraction of sp³-hybridized carbons (Fsp3) is 0.769. The smallest absolute Gasteiger partial charge is 0.214 e. The summed E-state index contributed by atoms with van der Waals surface area (Å²) in [5.74, 6) is 0.391. The highest BCUT2D eigenvalue weighted by molar-refractivity contribution is 7.89. The molecule has 0 unspecified atom stereocenters. The van der Waals surface area contributed by atoms with E-state index in [2.05, 4.69) is 4.98 Å². The second kappa shape index (κ2) is 5.83. The van der Waals surface area contributed by atoms with Crippen LogP contribution in [-0.2, 0) is 21.3 Å². The van der Waals surface area contributed by atoms with Gasteiger partial charge in [-0.1, -0.05) is 0 Å². The molecule has 0 aliphatic carbocycles. The Kier molecular flexibility index (Phi) is 4.09. The molecule has 0 N–H and O–H groups in total. The Labute approximate surface area is 119 Å². The molecule has 0 amide bonds. The van der Waals surface area contributed by atoms with Gasteiger partial charge in [0.25, 0.3) is 0 Å². The van der Waals surface area contributed by atoms with Gasteiger partial charge in [-0.25, -0.2) is 13.4 Å². The van der Waals surface area contributed by atoms with Gasteiger partial charge in [0.2, 0.25) is 10.0 Å². The van der Waals surface area contributed by atoms with Crippen LogP contribution < -0.4 is 0 Å². The van der Waals surface area contributed by atoms with Crippen LogP contribution in [0.2, 0.25) is 0 Å². The minimum absolute atomic E-state index is 0.0662. The molecule has 2 atom stereocenters. The van der Waals surface area contributed by atoms with Crippen molar-refractivity contribution in [3.63, 3.8) is 0 Å². The van der Waals surface area contributed by atoms with Gasteiger partial charge in [-0.05, 0) is 25.2 Å². The highest BCUT2D eigenvalue weighted by atomic mass is 32.2. The third-order valence-electron chi connectivity index (χ3n) is 4.13. The lowest BCUT2D eigenvalue weighted by molar-refractivity contribution is 0.188. The quantitative estimate of drug-likeness (QED) is 0.803. The molecule has 0 bridgehead atoms. The molecule has 1 aromatic rings.